The maximum Gasteiger partial charge on any atom is 0.0783 e. The maximum absolute atomic E-state index is 10.6. The van der Waals surface area contributed by atoms with Gasteiger partial charge in [0.05, 0.1) is 11.7 Å². The molecule has 116 valence electrons. The highest BCUT2D eigenvalue weighted by molar-refractivity contribution is 7.99. The van der Waals surface area contributed by atoms with Crippen molar-refractivity contribution in [3.8, 4) is 0 Å². The van der Waals surface area contributed by atoms with Crippen LogP contribution in [0.5, 0.6) is 0 Å². The quantitative estimate of drug-likeness (QED) is 0.889. The molecule has 0 bridgehead atoms. The van der Waals surface area contributed by atoms with Gasteiger partial charge in [0.2, 0.25) is 0 Å². The first-order valence-electron chi connectivity index (χ1n) is 7.42. The molecule has 0 radical (unpaired) electrons. The number of halogens is 2. The average molecular weight is 347 g/mol. The van der Waals surface area contributed by atoms with E-state index in [9.17, 15) is 5.11 Å². The summed E-state index contributed by atoms with van der Waals surface area (Å²) in [6, 6.07) is 5.48. The van der Waals surface area contributed by atoms with Gasteiger partial charge in [-0.3, -0.25) is 0 Å². The molecule has 5 heteroatoms. The van der Waals surface area contributed by atoms with Crippen molar-refractivity contribution in [1.29, 1.82) is 0 Å². The first kappa shape index (κ1) is 15.9. The van der Waals surface area contributed by atoms with Gasteiger partial charge in [-0.05, 0) is 48.6 Å². The van der Waals surface area contributed by atoms with Crippen LogP contribution in [0.3, 0.4) is 0 Å². The zero-order chi connectivity index (χ0) is 14.9. The van der Waals surface area contributed by atoms with Crippen molar-refractivity contribution >= 4 is 35.0 Å². The van der Waals surface area contributed by atoms with Gasteiger partial charge in [0.15, 0.2) is 0 Å². The first-order valence-corrected chi connectivity index (χ1v) is 9.33. The number of hydrogen-bond donors (Lipinski definition) is 1. The van der Waals surface area contributed by atoms with Crippen molar-refractivity contribution in [3.05, 3.63) is 33.8 Å². The van der Waals surface area contributed by atoms with Crippen LogP contribution in [0.4, 0.5) is 0 Å². The third-order valence-corrected chi connectivity index (χ3v) is 6.40. The van der Waals surface area contributed by atoms with Crippen LogP contribution in [0.25, 0.3) is 0 Å². The van der Waals surface area contributed by atoms with Gasteiger partial charge in [0, 0.05) is 28.8 Å². The monoisotopic (exact) mass is 346 g/mol. The molecule has 2 aliphatic heterocycles. The summed E-state index contributed by atoms with van der Waals surface area (Å²) in [5.41, 5.74) is 0.980. The highest BCUT2D eigenvalue weighted by Gasteiger charge is 2.42. The molecule has 3 atom stereocenters. The van der Waals surface area contributed by atoms with Gasteiger partial charge in [-0.15, -0.1) is 0 Å². The zero-order valence-electron chi connectivity index (χ0n) is 11.9. The van der Waals surface area contributed by atoms with Crippen LogP contribution in [-0.4, -0.2) is 34.9 Å². The van der Waals surface area contributed by atoms with Crippen LogP contribution < -0.4 is 0 Å². The smallest absolute Gasteiger partial charge is 0.0783 e. The van der Waals surface area contributed by atoms with Gasteiger partial charge < -0.3 is 9.84 Å². The van der Waals surface area contributed by atoms with E-state index in [1.165, 1.54) is 5.75 Å². The Morgan fingerprint density at radius 1 is 1.43 bits per heavy atom. The largest absolute Gasteiger partial charge is 0.392 e. The van der Waals surface area contributed by atoms with Crippen LogP contribution in [0.2, 0.25) is 10.0 Å². The zero-order valence-corrected chi connectivity index (χ0v) is 14.2. The molecule has 2 heterocycles. The lowest BCUT2D eigenvalue weighted by molar-refractivity contribution is -0.101. The number of aliphatic hydroxyl groups is 1. The Bertz CT molecular complexity index is 503. The average Bonchev–Trinajstić information content (AvgIpc) is 2.90. The Labute approximate surface area is 140 Å². The van der Waals surface area contributed by atoms with Crippen molar-refractivity contribution in [1.82, 2.24) is 0 Å². The van der Waals surface area contributed by atoms with E-state index in [0.717, 1.165) is 37.2 Å². The van der Waals surface area contributed by atoms with Crippen LogP contribution in [0.1, 0.15) is 24.8 Å². The van der Waals surface area contributed by atoms with Crippen molar-refractivity contribution in [2.24, 2.45) is 5.92 Å². The minimum Gasteiger partial charge on any atom is -0.392 e. The van der Waals surface area contributed by atoms with Gasteiger partial charge >= 0.3 is 0 Å². The van der Waals surface area contributed by atoms with E-state index in [0.29, 0.717) is 22.4 Å². The fourth-order valence-electron chi connectivity index (χ4n) is 3.34. The summed E-state index contributed by atoms with van der Waals surface area (Å²) in [5, 5.41) is 11.9. The van der Waals surface area contributed by atoms with Gasteiger partial charge in [0.1, 0.15) is 0 Å². The van der Waals surface area contributed by atoms with E-state index < -0.39 is 0 Å². The normalized spacial score (nSPS) is 30.7. The van der Waals surface area contributed by atoms with E-state index in [-0.39, 0.29) is 11.7 Å². The third-order valence-electron chi connectivity index (χ3n) is 4.59. The van der Waals surface area contributed by atoms with Gasteiger partial charge in [-0.25, -0.2) is 0 Å². The fraction of sp³-hybridized carbons (Fsp3) is 0.625. The lowest BCUT2D eigenvalue weighted by atomic mass is 9.81. The summed E-state index contributed by atoms with van der Waals surface area (Å²) in [4.78, 5) is 0. The van der Waals surface area contributed by atoms with Crippen molar-refractivity contribution in [3.63, 3.8) is 0 Å². The Kier molecular flexibility index (Phi) is 5.07. The molecule has 1 N–H and O–H groups in total. The molecule has 3 unspecified atom stereocenters. The second kappa shape index (κ2) is 6.67. The van der Waals surface area contributed by atoms with E-state index >= 15 is 0 Å². The summed E-state index contributed by atoms with van der Waals surface area (Å²) in [6.45, 7) is 0.761. The summed E-state index contributed by atoms with van der Waals surface area (Å²) in [7, 11) is 0. The van der Waals surface area contributed by atoms with Crippen LogP contribution in [0.15, 0.2) is 18.2 Å². The molecule has 1 aromatic carbocycles. The highest BCUT2D eigenvalue weighted by Crippen LogP contribution is 2.41. The number of aliphatic hydroxyl groups excluding tert-OH is 1. The standard InChI is InChI=1S/C16H20Cl2O2S/c17-13-2-1-11(14(18)8-13)7-15(19)12-3-5-20-16(9-12)4-6-21-10-16/h1-2,8,12,15,19H,3-7,9-10H2. The fourth-order valence-corrected chi connectivity index (χ4v) is 5.20. The molecular weight excluding hydrogens is 327 g/mol. The molecule has 2 aliphatic rings. The lowest BCUT2D eigenvalue weighted by Crippen LogP contribution is -2.43. The summed E-state index contributed by atoms with van der Waals surface area (Å²) < 4.78 is 6.02. The first-order chi connectivity index (χ1) is 10.1. The summed E-state index contributed by atoms with van der Waals surface area (Å²) in [6.07, 6.45) is 3.23. The molecule has 2 fully saturated rings. The lowest BCUT2D eigenvalue weighted by Gasteiger charge is -2.39. The third kappa shape index (κ3) is 3.70. The Morgan fingerprint density at radius 3 is 3.00 bits per heavy atom. The maximum atomic E-state index is 10.6. The van der Waals surface area contributed by atoms with Crippen LogP contribution in [-0.2, 0) is 11.2 Å². The van der Waals surface area contributed by atoms with Gasteiger partial charge in [0.25, 0.3) is 0 Å². The predicted octanol–water partition coefficient (Wildman–Crippen LogP) is 4.20. The summed E-state index contributed by atoms with van der Waals surface area (Å²) in [5.74, 6) is 2.54. The highest BCUT2D eigenvalue weighted by atomic mass is 35.5. The molecule has 2 nitrogen and oxygen atoms in total. The van der Waals surface area contributed by atoms with Crippen LogP contribution in [0, 0.1) is 5.92 Å². The van der Waals surface area contributed by atoms with Crippen molar-refractivity contribution in [2.75, 3.05) is 18.1 Å². The van der Waals surface area contributed by atoms with E-state index in [2.05, 4.69) is 0 Å². The van der Waals surface area contributed by atoms with E-state index in [4.69, 9.17) is 27.9 Å². The van der Waals surface area contributed by atoms with Crippen molar-refractivity contribution < 1.29 is 9.84 Å². The Balaban J connectivity index is 1.65. The molecule has 1 spiro atoms. The molecule has 3 rings (SSSR count). The molecule has 1 aromatic rings. The van der Waals surface area contributed by atoms with Crippen LogP contribution >= 0.6 is 35.0 Å². The molecular formula is C16H20Cl2O2S. The van der Waals surface area contributed by atoms with E-state index in [1.807, 2.05) is 23.9 Å². The number of ether oxygens (including phenoxy) is 1. The molecule has 2 saturated heterocycles. The minimum atomic E-state index is -0.366. The second-order valence-corrected chi connectivity index (χ2v) is 8.04. The SMILES string of the molecule is OC(Cc1ccc(Cl)cc1Cl)C1CCOC2(CCSC2)C1. The van der Waals surface area contributed by atoms with Gasteiger partial charge in [-0.1, -0.05) is 29.3 Å². The topological polar surface area (TPSA) is 29.5 Å². The van der Waals surface area contributed by atoms with Crippen molar-refractivity contribution in [2.45, 2.75) is 37.4 Å². The minimum absolute atomic E-state index is 0.0123. The number of benzene rings is 1. The Hall–Kier alpha value is 0.0700. The second-order valence-electron chi connectivity index (χ2n) is 6.09. The number of rotatable bonds is 3. The predicted molar refractivity (Wildman–Crippen MR) is 89.5 cm³/mol. The molecule has 0 aliphatic carbocycles. The summed E-state index contributed by atoms with van der Waals surface area (Å²) >= 11 is 14.1. The molecule has 21 heavy (non-hydrogen) atoms. The van der Waals surface area contributed by atoms with E-state index in [1.54, 1.807) is 6.07 Å². The molecule has 0 amide bonds. The number of hydrogen-bond acceptors (Lipinski definition) is 3. The molecule has 0 aromatic heterocycles. The van der Waals surface area contributed by atoms with Gasteiger partial charge in [-0.2, -0.15) is 11.8 Å². The molecule has 0 saturated carbocycles. The Morgan fingerprint density at radius 2 is 2.29 bits per heavy atom. The number of thioether (sulfide) groups is 1.